The summed E-state index contributed by atoms with van der Waals surface area (Å²) in [5.74, 6) is 0.152. The van der Waals surface area contributed by atoms with Crippen LogP contribution in [0.15, 0.2) is 54.6 Å². The molecule has 4 heteroatoms. The van der Waals surface area contributed by atoms with E-state index in [0.717, 1.165) is 38.9 Å². The van der Waals surface area contributed by atoms with Crippen LogP contribution in [-0.4, -0.2) is 29.9 Å². The Kier molecular flexibility index (Phi) is 6.40. The number of nitrogens with zero attached hydrogens (tertiary/aromatic N) is 2. The van der Waals surface area contributed by atoms with Crippen molar-refractivity contribution >= 4 is 5.91 Å². The highest BCUT2D eigenvalue weighted by atomic mass is 16.1. The molecule has 1 N–H and O–H groups in total. The highest BCUT2D eigenvalue weighted by Crippen LogP contribution is 2.15. The van der Waals surface area contributed by atoms with E-state index in [2.05, 4.69) is 28.4 Å². The first kappa shape index (κ1) is 18.2. The van der Waals surface area contributed by atoms with Crippen LogP contribution >= 0.6 is 0 Å². The van der Waals surface area contributed by atoms with E-state index < -0.39 is 0 Å². The number of piperidine rings is 1. The summed E-state index contributed by atoms with van der Waals surface area (Å²) in [4.78, 5) is 14.6. The first-order chi connectivity index (χ1) is 12.7. The van der Waals surface area contributed by atoms with Crippen molar-refractivity contribution in [2.45, 2.75) is 38.3 Å². The molecule has 0 radical (unpaired) electrons. The molecule has 0 saturated carbocycles. The van der Waals surface area contributed by atoms with Crippen LogP contribution in [0.5, 0.6) is 0 Å². The lowest BCUT2D eigenvalue weighted by Gasteiger charge is -2.32. The van der Waals surface area contributed by atoms with E-state index >= 15 is 0 Å². The van der Waals surface area contributed by atoms with Crippen LogP contribution in [-0.2, 0) is 17.8 Å². The Balaban J connectivity index is 1.37. The van der Waals surface area contributed by atoms with Crippen LogP contribution in [0.2, 0.25) is 0 Å². The second-order valence-corrected chi connectivity index (χ2v) is 6.91. The van der Waals surface area contributed by atoms with Crippen molar-refractivity contribution in [2.75, 3.05) is 13.1 Å². The maximum Gasteiger partial charge on any atom is 0.220 e. The first-order valence-electron chi connectivity index (χ1n) is 9.27. The summed E-state index contributed by atoms with van der Waals surface area (Å²) in [5, 5.41) is 12.0. The van der Waals surface area contributed by atoms with Crippen molar-refractivity contribution in [2.24, 2.45) is 0 Å². The molecule has 1 saturated heterocycles. The minimum atomic E-state index is 0.152. The Bertz CT molecular complexity index is 741. The zero-order valence-electron chi connectivity index (χ0n) is 15.0. The van der Waals surface area contributed by atoms with Crippen molar-refractivity contribution in [1.29, 1.82) is 5.26 Å². The van der Waals surface area contributed by atoms with E-state index in [1.165, 1.54) is 11.1 Å². The summed E-state index contributed by atoms with van der Waals surface area (Å²) < 4.78 is 0. The van der Waals surface area contributed by atoms with Gasteiger partial charge in [-0.1, -0.05) is 42.5 Å². The molecule has 0 aliphatic carbocycles. The lowest BCUT2D eigenvalue weighted by Crippen LogP contribution is -2.44. The van der Waals surface area contributed by atoms with Crippen molar-refractivity contribution in [3.05, 3.63) is 71.3 Å². The Morgan fingerprint density at radius 1 is 1.04 bits per heavy atom. The van der Waals surface area contributed by atoms with Gasteiger partial charge in [0.25, 0.3) is 0 Å². The van der Waals surface area contributed by atoms with Gasteiger partial charge in [-0.3, -0.25) is 9.69 Å². The lowest BCUT2D eigenvalue weighted by molar-refractivity contribution is -0.122. The van der Waals surface area contributed by atoms with Gasteiger partial charge in [-0.2, -0.15) is 5.26 Å². The summed E-state index contributed by atoms with van der Waals surface area (Å²) in [6, 6.07) is 20.4. The second-order valence-electron chi connectivity index (χ2n) is 6.91. The number of benzene rings is 2. The van der Waals surface area contributed by atoms with Gasteiger partial charge in [0.15, 0.2) is 0 Å². The molecule has 0 spiro atoms. The summed E-state index contributed by atoms with van der Waals surface area (Å²) in [5.41, 5.74) is 3.14. The topological polar surface area (TPSA) is 56.1 Å². The smallest absolute Gasteiger partial charge is 0.220 e. The van der Waals surface area contributed by atoms with E-state index in [1.807, 2.05) is 42.5 Å². The van der Waals surface area contributed by atoms with Gasteiger partial charge in [0.05, 0.1) is 11.6 Å². The molecule has 1 aliphatic heterocycles. The van der Waals surface area contributed by atoms with Crippen molar-refractivity contribution in [3.63, 3.8) is 0 Å². The summed E-state index contributed by atoms with van der Waals surface area (Å²) >= 11 is 0. The van der Waals surface area contributed by atoms with Gasteiger partial charge in [0.2, 0.25) is 5.91 Å². The summed E-state index contributed by atoms with van der Waals surface area (Å²) in [6.45, 7) is 2.88. The number of amides is 1. The van der Waals surface area contributed by atoms with Gasteiger partial charge in [-0.15, -0.1) is 0 Å². The summed E-state index contributed by atoms with van der Waals surface area (Å²) in [7, 11) is 0. The fraction of sp³-hybridized carbons (Fsp3) is 0.364. The number of rotatable bonds is 6. The Labute approximate surface area is 155 Å². The van der Waals surface area contributed by atoms with E-state index in [9.17, 15) is 4.79 Å². The molecule has 1 amide bonds. The van der Waals surface area contributed by atoms with Gasteiger partial charge >= 0.3 is 0 Å². The molecule has 26 heavy (non-hydrogen) atoms. The highest BCUT2D eigenvalue weighted by molar-refractivity contribution is 5.76. The maximum atomic E-state index is 12.2. The average Bonchev–Trinajstić information content (AvgIpc) is 2.69. The minimum absolute atomic E-state index is 0.152. The van der Waals surface area contributed by atoms with Crippen LogP contribution in [0.4, 0.5) is 0 Å². The van der Waals surface area contributed by atoms with Crippen LogP contribution < -0.4 is 5.32 Å². The third-order valence-corrected chi connectivity index (χ3v) is 4.93. The number of nitriles is 1. The quantitative estimate of drug-likeness (QED) is 0.872. The Morgan fingerprint density at radius 2 is 1.73 bits per heavy atom. The van der Waals surface area contributed by atoms with E-state index in [1.54, 1.807) is 0 Å². The van der Waals surface area contributed by atoms with Gasteiger partial charge in [0, 0.05) is 32.1 Å². The normalized spacial score (nSPS) is 15.3. The first-order valence-corrected chi connectivity index (χ1v) is 9.27. The van der Waals surface area contributed by atoms with Crippen molar-refractivity contribution in [3.8, 4) is 6.07 Å². The van der Waals surface area contributed by atoms with Crippen LogP contribution in [0.25, 0.3) is 0 Å². The molecule has 1 heterocycles. The zero-order chi connectivity index (χ0) is 18.2. The molecule has 2 aromatic rings. The molecule has 1 aliphatic rings. The lowest BCUT2D eigenvalue weighted by atomic mass is 10.0. The van der Waals surface area contributed by atoms with Gasteiger partial charge in [-0.25, -0.2) is 0 Å². The largest absolute Gasteiger partial charge is 0.353 e. The average molecular weight is 347 g/mol. The Morgan fingerprint density at radius 3 is 2.38 bits per heavy atom. The fourth-order valence-corrected chi connectivity index (χ4v) is 3.38. The predicted molar refractivity (Wildman–Crippen MR) is 102 cm³/mol. The molecular weight excluding hydrogens is 322 g/mol. The monoisotopic (exact) mass is 347 g/mol. The van der Waals surface area contributed by atoms with E-state index in [4.69, 9.17) is 5.26 Å². The number of aryl methyl sites for hydroxylation is 1. The molecule has 0 bridgehead atoms. The van der Waals surface area contributed by atoms with Crippen LogP contribution in [0.3, 0.4) is 0 Å². The number of nitrogens with one attached hydrogen (secondary N) is 1. The fourth-order valence-electron chi connectivity index (χ4n) is 3.38. The molecule has 1 fully saturated rings. The number of hydrogen-bond donors (Lipinski definition) is 1. The van der Waals surface area contributed by atoms with Crippen LogP contribution in [0.1, 0.15) is 36.0 Å². The number of likely N-dealkylation sites (tertiary alicyclic amines) is 1. The predicted octanol–water partition coefficient (Wildman–Crippen LogP) is 3.27. The molecule has 2 aromatic carbocycles. The molecular formula is C22H25N3O. The number of carbonyl (C=O) groups is 1. The highest BCUT2D eigenvalue weighted by Gasteiger charge is 2.20. The molecule has 0 atom stereocenters. The van der Waals surface area contributed by atoms with Crippen molar-refractivity contribution < 1.29 is 4.79 Å². The molecule has 0 aromatic heterocycles. The number of hydrogen-bond acceptors (Lipinski definition) is 3. The number of carbonyl (C=O) groups excluding carboxylic acids is 1. The van der Waals surface area contributed by atoms with Gasteiger partial charge in [0.1, 0.15) is 0 Å². The second kappa shape index (κ2) is 9.17. The standard InChI is InChI=1S/C22H25N3O/c23-16-19-6-8-20(9-7-19)17-25-14-12-21(13-15-25)24-22(26)11-10-18-4-2-1-3-5-18/h1-9,21H,10-15,17H2,(H,24,26). The Hall–Kier alpha value is -2.64. The third-order valence-electron chi connectivity index (χ3n) is 4.93. The molecule has 4 nitrogen and oxygen atoms in total. The van der Waals surface area contributed by atoms with Gasteiger partial charge < -0.3 is 5.32 Å². The SMILES string of the molecule is N#Cc1ccc(CN2CCC(NC(=O)CCc3ccccc3)CC2)cc1. The molecule has 3 rings (SSSR count). The van der Waals surface area contributed by atoms with Crippen LogP contribution in [0, 0.1) is 11.3 Å². The minimum Gasteiger partial charge on any atom is -0.353 e. The zero-order valence-corrected chi connectivity index (χ0v) is 15.0. The maximum absolute atomic E-state index is 12.2. The van der Waals surface area contributed by atoms with E-state index in [0.29, 0.717) is 12.0 Å². The third kappa shape index (κ3) is 5.44. The van der Waals surface area contributed by atoms with Gasteiger partial charge in [-0.05, 0) is 42.5 Å². The molecule has 0 unspecified atom stereocenters. The molecule has 134 valence electrons. The summed E-state index contributed by atoms with van der Waals surface area (Å²) in [6.07, 6.45) is 3.33. The van der Waals surface area contributed by atoms with Crippen molar-refractivity contribution in [1.82, 2.24) is 10.2 Å². The van der Waals surface area contributed by atoms with E-state index in [-0.39, 0.29) is 11.9 Å².